The summed E-state index contributed by atoms with van der Waals surface area (Å²) in [5.41, 5.74) is 2.53. The van der Waals surface area contributed by atoms with Crippen LogP contribution in [0, 0.1) is 6.92 Å². The molecule has 4 heteroatoms. The van der Waals surface area contributed by atoms with E-state index < -0.39 is 8.07 Å². The van der Waals surface area contributed by atoms with Crippen molar-refractivity contribution in [3.63, 3.8) is 0 Å². The van der Waals surface area contributed by atoms with Crippen LogP contribution in [0.25, 0.3) is 11.1 Å². The van der Waals surface area contributed by atoms with Gasteiger partial charge in [0.05, 0.1) is 0 Å². The number of benzene rings is 2. The van der Waals surface area contributed by atoms with Crippen LogP contribution in [0.1, 0.15) is 5.82 Å². The number of nitrogens with zero attached hydrogens (tertiary/aromatic N) is 3. The number of aromatic nitrogens is 3. The molecule has 0 aliphatic heterocycles. The molecule has 112 valence electrons. The van der Waals surface area contributed by atoms with Gasteiger partial charge < -0.3 is 0 Å². The Balaban J connectivity index is 1.82. The summed E-state index contributed by atoms with van der Waals surface area (Å²) in [5.74, 6) is 0.837. The fraction of sp³-hybridized carbons (Fsp3) is 0.222. The zero-order chi connectivity index (χ0) is 15.6. The van der Waals surface area contributed by atoms with Crippen LogP contribution in [0.4, 0.5) is 0 Å². The summed E-state index contributed by atoms with van der Waals surface area (Å²) in [6, 6.07) is 19.5. The SMILES string of the molecule is Cc1ncn(C[Si](C)(C)c2ccc(-c3ccccc3)cc2)n1. The van der Waals surface area contributed by atoms with Gasteiger partial charge in [0.25, 0.3) is 0 Å². The third-order valence-corrected chi connectivity index (χ3v) is 6.99. The highest BCUT2D eigenvalue weighted by Crippen LogP contribution is 2.18. The lowest BCUT2D eigenvalue weighted by molar-refractivity contribution is 0.718. The maximum Gasteiger partial charge on any atom is 0.147 e. The van der Waals surface area contributed by atoms with E-state index in [0.717, 1.165) is 12.0 Å². The minimum Gasteiger partial charge on any atom is -0.255 e. The molecule has 0 bridgehead atoms. The van der Waals surface area contributed by atoms with Crippen LogP contribution in [0.15, 0.2) is 60.9 Å². The summed E-state index contributed by atoms with van der Waals surface area (Å²) in [6.07, 6.45) is 2.79. The Morgan fingerprint density at radius 2 is 1.55 bits per heavy atom. The van der Waals surface area contributed by atoms with Gasteiger partial charge in [0.2, 0.25) is 0 Å². The molecule has 3 aromatic rings. The lowest BCUT2D eigenvalue weighted by Gasteiger charge is -2.23. The maximum absolute atomic E-state index is 4.43. The minimum absolute atomic E-state index is 0.837. The predicted octanol–water partition coefficient (Wildman–Crippen LogP) is 3.41. The predicted molar refractivity (Wildman–Crippen MR) is 93.8 cm³/mol. The van der Waals surface area contributed by atoms with Crippen molar-refractivity contribution in [1.82, 2.24) is 14.8 Å². The van der Waals surface area contributed by atoms with E-state index in [-0.39, 0.29) is 0 Å². The van der Waals surface area contributed by atoms with Gasteiger partial charge in [-0.05, 0) is 18.1 Å². The smallest absolute Gasteiger partial charge is 0.147 e. The highest BCUT2D eigenvalue weighted by atomic mass is 28.3. The van der Waals surface area contributed by atoms with Gasteiger partial charge in [-0.1, -0.05) is 72.9 Å². The summed E-state index contributed by atoms with van der Waals surface area (Å²) >= 11 is 0. The first-order valence-electron chi connectivity index (χ1n) is 7.57. The quantitative estimate of drug-likeness (QED) is 0.692. The van der Waals surface area contributed by atoms with Crippen LogP contribution in [0.5, 0.6) is 0 Å². The van der Waals surface area contributed by atoms with E-state index >= 15 is 0 Å². The molecular formula is C18H21N3Si. The van der Waals surface area contributed by atoms with Crippen molar-refractivity contribution < 1.29 is 0 Å². The molecule has 0 aliphatic carbocycles. The normalized spacial score (nSPS) is 11.6. The molecule has 2 aromatic carbocycles. The monoisotopic (exact) mass is 307 g/mol. The van der Waals surface area contributed by atoms with Crippen LogP contribution in [0.3, 0.4) is 0 Å². The Labute approximate surface area is 132 Å². The van der Waals surface area contributed by atoms with Gasteiger partial charge in [0.1, 0.15) is 20.2 Å². The molecule has 0 N–H and O–H groups in total. The van der Waals surface area contributed by atoms with Crippen LogP contribution in [0.2, 0.25) is 13.1 Å². The molecule has 0 unspecified atom stereocenters. The lowest BCUT2D eigenvalue weighted by Crippen LogP contribution is -2.46. The van der Waals surface area contributed by atoms with E-state index in [1.807, 2.05) is 24.0 Å². The van der Waals surface area contributed by atoms with Crippen molar-refractivity contribution in [2.75, 3.05) is 0 Å². The second kappa shape index (κ2) is 5.89. The average molecular weight is 307 g/mol. The molecule has 0 radical (unpaired) electrons. The molecule has 22 heavy (non-hydrogen) atoms. The number of aryl methyl sites for hydroxylation is 1. The summed E-state index contributed by atoms with van der Waals surface area (Å²) in [5, 5.41) is 5.87. The third kappa shape index (κ3) is 3.17. The molecule has 3 rings (SSSR count). The molecule has 0 amide bonds. The Morgan fingerprint density at radius 3 is 2.14 bits per heavy atom. The summed E-state index contributed by atoms with van der Waals surface area (Å²) in [6.45, 7) is 6.68. The first kappa shape index (κ1) is 14.7. The summed E-state index contributed by atoms with van der Waals surface area (Å²) in [7, 11) is -1.57. The molecule has 0 spiro atoms. The minimum atomic E-state index is -1.57. The number of hydrogen-bond donors (Lipinski definition) is 0. The first-order chi connectivity index (χ1) is 10.5. The molecule has 0 saturated heterocycles. The number of hydrogen-bond acceptors (Lipinski definition) is 2. The lowest BCUT2D eigenvalue weighted by atomic mass is 10.1. The molecular weight excluding hydrogens is 286 g/mol. The van der Waals surface area contributed by atoms with Crippen molar-refractivity contribution >= 4 is 13.3 Å². The van der Waals surface area contributed by atoms with Gasteiger partial charge >= 0.3 is 0 Å². The van der Waals surface area contributed by atoms with Crippen molar-refractivity contribution in [1.29, 1.82) is 0 Å². The van der Waals surface area contributed by atoms with Crippen LogP contribution in [-0.4, -0.2) is 22.8 Å². The van der Waals surface area contributed by atoms with E-state index in [9.17, 15) is 0 Å². The van der Waals surface area contributed by atoms with Crippen molar-refractivity contribution in [2.24, 2.45) is 0 Å². The maximum atomic E-state index is 4.43. The summed E-state index contributed by atoms with van der Waals surface area (Å²) < 4.78 is 1.98. The van der Waals surface area contributed by atoms with Gasteiger partial charge in [0.15, 0.2) is 0 Å². The fourth-order valence-electron chi connectivity index (χ4n) is 2.70. The van der Waals surface area contributed by atoms with E-state index in [0.29, 0.717) is 0 Å². The van der Waals surface area contributed by atoms with Crippen molar-refractivity contribution in [3.8, 4) is 11.1 Å². The van der Waals surface area contributed by atoms with E-state index in [2.05, 4.69) is 71.7 Å². The molecule has 3 nitrogen and oxygen atoms in total. The Kier molecular flexibility index (Phi) is 3.94. The second-order valence-electron chi connectivity index (χ2n) is 6.32. The Bertz CT molecular complexity index is 746. The van der Waals surface area contributed by atoms with E-state index in [1.54, 1.807) is 0 Å². The highest BCUT2D eigenvalue weighted by molar-refractivity contribution is 6.88. The van der Waals surface area contributed by atoms with Gasteiger partial charge in [-0.3, -0.25) is 4.68 Å². The van der Waals surface area contributed by atoms with Crippen LogP contribution < -0.4 is 5.19 Å². The molecule has 0 aliphatic rings. The number of rotatable bonds is 4. The topological polar surface area (TPSA) is 30.7 Å². The van der Waals surface area contributed by atoms with Crippen molar-refractivity contribution in [2.45, 2.75) is 26.2 Å². The largest absolute Gasteiger partial charge is 0.255 e. The van der Waals surface area contributed by atoms with Crippen LogP contribution >= 0.6 is 0 Å². The van der Waals surface area contributed by atoms with Gasteiger partial charge in [-0.15, -0.1) is 0 Å². The standard InChI is InChI=1S/C18H21N3Si/c1-15-19-13-21(20-15)14-22(2,3)18-11-9-17(10-12-18)16-7-5-4-6-8-16/h4-13H,14H2,1-3H3. The van der Waals surface area contributed by atoms with E-state index in [1.165, 1.54) is 16.3 Å². The fourth-order valence-corrected chi connectivity index (χ4v) is 4.92. The first-order valence-corrected chi connectivity index (χ1v) is 10.8. The molecule has 1 aromatic heterocycles. The Morgan fingerprint density at radius 1 is 0.909 bits per heavy atom. The van der Waals surface area contributed by atoms with Gasteiger partial charge in [0, 0.05) is 6.17 Å². The second-order valence-corrected chi connectivity index (χ2v) is 11.0. The van der Waals surface area contributed by atoms with Gasteiger partial charge in [-0.2, -0.15) is 5.10 Å². The highest BCUT2D eigenvalue weighted by Gasteiger charge is 2.24. The van der Waals surface area contributed by atoms with E-state index in [4.69, 9.17) is 0 Å². The zero-order valence-corrected chi connectivity index (χ0v) is 14.3. The zero-order valence-electron chi connectivity index (χ0n) is 13.3. The molecule has 0 atom stereocenters. The molecule has 0 saturated carbocycles. The molecule has 0 fully saturated rings. The average Bonchev–Trinajstić information content (AvgIpc) is 2.93. The van der Waals surface area contributed by atoms with Gasteiger partial charge in [-0.25, -0.2) is 4.98 Å². The molecule has 1 heterocycles. The Hall–Kier alpha value is -2.20. The van der Waals surface area contributed by atoms with Crippen molar-refractivity contribution in [3.05, 3.63) is 66.7 Å². The van der Waals surface area contributed by atoms with Crippen LogP contribution in [-0.2, 0) is 6.17 Å². The third-order valence-electron chi connectivity index (χ3n) is 3.98. The summed E-state index contributed by atoms with van der Waals surface area (Å²) in [4.78, 5) is 4.22.